The van der Waals surface area contributed by atoms with E-state index in [1.807, 2.05) is 7.05 Å². The fourth-order valence-electron chi connectivity index (χ4n) is 2.96. The van der Waals surface area contributed by atoms with Crippen molar-refractivity contribution in [3.63, 3.8) is 0 Å². The van der Waals surface area contributed by atoms with Crippen molar-refractivity contribution in [2.45, 2.75) is 65.0 Å². The van der Waals surface area contributed by atoms with E-state index in [4.69, 9.17) is 0 Å². The lowest BCUT2D eigenvalue weighted by atomic mass is 10.0. The number of guanidine groups is 1. The Morgan fingerprint density at radius 3 is 2.58 bits per heavy atom. The second kappa shape index (κ2) is 9.37. The minimum absolute atomic E-state index is 0.517. The van der Waals surface area contributed by atoms with Crippen molar-refractivity contribution in [3.05, 3.63) is 16.1 Å². The van der Waals surface area contributed by atoms with Crippen LogP contribution in [-0.4, -0.2) is 54.6 Å². The summed E-state index contributed by atoms with van der Waals surface area (Å²) in [5.41, 5.74) is 1.18. The van der Waals surface area contributed by atoms with Gasteiger partial charge in [-0.05, 0) is 26.7 Å². The van der Waals surface area contributed by atoms with E-state index in [9.17, 15) is 0 Å². The van der Waals surface area contributed by atoms with Gasteiger partial charge in [0, 0.05) is 56.5 Å². The van der Waals surface area contributed by atoms with E-state index >= 15 is 0 Å². The Labute approximate surface area is 151 Å². The number of nitrogens with zero attached hydrogens (tertiary/aromatic N) is 3. The first-order valence-electron chi connectivity index (χ1n) is 9.15. The van der Waals surface area contributed by atoms with Gasteiger partial charge in [0.05, 0.1) is 10.7 Å². The van der Waals surface area contributed by atoms with Crippen LogP contribution in [0.1, 0.15) is 57.2 Å². The Balaban J connectivity index is 1.71. The van der Waals surface area contributed by atoms with Gasteiger partial charge in [0.2, 0.25) is 0 Å². The van der Waals surface area contributed by atoms with Gasteiger partial charge in [-0.3, -0.25) is 4.99 Å². The van der Waals surface area contributed by atoms with Gasteiger partial charge >= 0.3 is 0 Å². The van der Waals surface area contributed by atoms with E-state index in [2.05, 4.69) is 58.6 Å². The first-order valence-corrected chi connectivity index (χ1v) is 10.0. The molecule has 0 saturated carbocycles. The van der Waals surface area contributed by atoms with Crippen molar-refractivity contribution < 1.29 is 0 Å². The number of hydrogen-bond donors (Lipinski definition) is 2. The molecule has 0 bridgehead atoms. The Kier molecular flexibility index (Phi) is 7.49. The summed E-state index contributed by atoms with van der Waals surface area (Å²) in [4.78, 5) is 11.6. The maximum absolute atomic E-state index is 4.69. The summed E-state index contributed by atoms with van der Waals surface area (Å²) >= 11 is 1.76. The maximum atomic E-state index is 4.69. The van der Waals surface area contributed by atoms with Crippen molar-refractivity contribution in [1.82, 2.24) is 20.5 Å². The van der Waals surface area contributed by atoms with Crippen LogP contribution in [0.2, 0.25) is 0 Å². The minimum Gasteiger partial charge on any atom is -0.356 e. The van der Waals surface area contributed by atoms with Crippen LogP contribution in [-0.2, 0) is 6.42 Å². The first-order chi connectivity index (χ1) is 11.5. The summed E-state index contributed by atoms with van der Waals surface area (Å²) in [6.45, 7) is 12.1. The number of likely N-dealkylation sites (tertiary alicyclic amines) is 1. The van der Waals surface area contributed by atoms with E-state index in [0.717, 1.165) is 18.9 Å². The van der Waals surface area contributed by atoms with Gasteiger partial charge in [0.25, 0.3) is 0 Å². The van der Waals surface area contributed by atoms with E-state index in [1.54, 1.807) is 11.3 Å². The zero-order valence-corrected chi connectivity index (χ0v) is 16.6. The third-order valence-corrected chi connectivity index (χ3v) is 5.76. The van der Waals surface area contributed by atoms with Crippen molar-refractivity contribution in [2.24, 2.45) is 4.99 Å². The highest BCUT2D eigenvalue weighted by atomic mass is 32.1. The van der Waals surface area contributed by atoms with Gasteiger partial charge in [-0.15, -0.1) is 11.3 Å². The third kappa shape index (κ3) is 5.74. The fourth-order valence-corrected chi connectivity index (χ4v) is 3.83. The molecule has 1 aromatic rings. The van der Waals surface area contributed by atoms with E-state index < -0.39 is 0 Å². The molecule has 1 aromatic heterocycles. The molecule has 0 amide bonds. The number of piperidine rings is 1. The van der Waals surface area contributed by atoms with Gasteiger partial charge in [0.1, 0.15) is 0 Å². The highest BCUT2D eigenvalue weighted by Crippen LogP contribution is 2.19. The van der Waals surface area contributed by atoms with Crippen LogP contribution >= 0.6 is 11.3 Å². The molecule has 2 N–H and O–H groups in total. The average molecular weight is 352 g/mol. The van der Waals surface area contributed by atoms with E-state index in [0.29, 0.717) is 18.0 Å². The predicted octanol–water partition coefficient (Wildman–Crippen LogP) is 2.85. The van der Waals surface area contributed by atoms with Crippen LogP contribution in [0, 0.1) is 0 Å². The molecule has 1 saturated heterocycles. The van der Waals surface area contributed by atoms with Crippen molar-refractivity contribution in [1.29, 1.82) is 0 Å². The van der Waals surface area contributed by atoms with Crippen LogP contribution in [0.4, 0.5) is 0 Å². The highest BCUT2D eigenvalue weighted by Gasteiger charge is 2.21. The first kappa shape index (κ1) is 19.2. The van der Waals surface area contributed by atoms with Gasteiger partial charge in [0.15, 0.2) is 5.96 Å². The quantitative estimate of drug-likeness (QED) is 0.611. The Hall–Kier alpha value is -1.14. The minimum atomic E-state index is 0.517. The monoisotopic (exact) mass is 351 g/mol. The molecule has 1 aliphatic heterocycles. The average Bonchev–Trinajstić information content (AvgIpc) is 3.03. The van der Waals surface area contributed by atoms with E-state index in [1.165, 1.54) is 36.6 Å². The maximum Gasteiger partial charge on any atom is 0.191 e. The van der Waals surface area contributed by atoms with Crippen LogP contribution in [0.15, 0.2) is 10.4 Å². The molecule has 1 aliphatic rings. The smallest absolute Gasteiger partial charge is 0.191 e. The van der Waals surface area contributed by atoms with Crippen LogP contribution in [0.5, 0.6) is 0 Å². The molecule has 0 radical (unpaired) electrons. The molecule has 0 aromatic carbocycles. The SMILES string of the molecule is CN=C(NCCc1csc(C(C)C)n1)NC1CCN(C(C)C)CC1. The lowest BCUT2D eigenvalue weighted by Crippen LogP contribution is -2.50. The molecular weight excluding hydrogens is 318 g/mol. The lowest BCUT2D eigenvalue weighted by Gasteiger charge is -2.35. The number of rotatable bonds is 6. The number of aliphatic imine (C=N–C) groups is 1. The predicted molar refractivity (Wildman–Crippen MR) is 104 cm³/mol. The molecule has 0 atom stereocenters. The molecule has 0 aliphatic carbocycles. The molecule has 24 heavy (non-hydrogen) atoms. The second-order valence-corrected chi connectivity index (χ2v) is 8.02. The van der Waals surface area contributed by atoms with Crippen molar-refractivity contribution >= 4 is 17.3 Å². The largest absolute Gasteiger partial charge is 0.356 e. The zero-order chi connectivity index (χ0) is 17.5. The molecule has 2 rings (SSSR count). The van der Waals surface area contributed by atoms with E-state index in [-0.39, 0.29) is 0 Å². The number of aromatic nitrogens is 1. The van der Waals surface area contributed by atoms with Gasteiger partial charge in [-0.25, -0.2) is 4.98 Å². The zero-order valence-electron chi connectivity index (χ0n) is 15.8. The Bertz CT molecular complexity index is 515. The molecule has 5 nitrogen and oxygen atoms in total. The summed E-state index contributed by atoms with van der Waals surface area (Å²) in [5.74, 6) is 1.43. The third-order valence-electron chi connectivity index (χ3n) is 4.56. The summed E-state index contributed by atoms with van der Waals surface area (Å²) in [5, 5.41) is 10.4. The fraction of sp³-hybridized carbons (Fsp3) is 0.778. The number of hydrogen-bond acceptors (Lipinski definition) is 4. The normalized spacial score (nSPS) is 17.7. The molecule has 136 valence electrons. The molecule has 1 fully saturated rings. The van der Waals surface area contributed by atoms with Gasteiger partial charge in [-0.1, -0.05) is 13.8 Å². The summed E-state index contributed by atoms with van der Waals surface area (Å²) in [6.07, 6.45) is 3.31. The van der Waals surface area contributed by atoms with Gasteiger partial charge in [-0.2, -0.15) is 0 Å². The summed E-state index contributed by atoms with van der Waals surface area (Å²) in [6, 6.07) is 1.18. The second-order valence-electron chi connectivity index (χ2n) is 7.13. The topological polar surface area (TPSA) is 52.6 Å². The standard InChI is InChI=1S/C18H33N5S/c1-13(2)17-21-16(12-24-17)6-9-20-18(19-5)22-15-7-10-23(11-8-15)14(3)4/h12-15H,6-11H2,1-5H3,(H2,19,20,22). The molecule has 2 heterocycles. The van der Waals surface area contributed by atoms with Crippen LogP contribution < -0.4 is 10.6 Å². The van der Waals surface area contributed by atoms with Gasteiger partial charge < -0.3 is 15.5 Å². The molecular formula is C18H33N5S. The summed E-state index contributed by atoms with van der Waals surface area (Å²) < 4.78 is 0. The van der Waals surface area contributed by atoms with Crippen LogP contribution in [0.25, 0.3) is 0 Å². The lowest BCUT2D eigenvalue weighted by molar-refractivity contribution is 0.167. The van der Waals surface area contributed by atoms with Crippen molar-refractivity contribution in [2.75, 3.05) is 26.7 Å². The Morgan fingerprint density at radius 2 is 2.04 bits per heavy atom. The van der Waals surface area contributed by atoms with Crippen LogP contribution in [0.3, 0.4) is 0 Å². The molecule has 0 spiro atoms. The number of thiazole rings is 1. The summed E-state index contributed by atoms with van der Waals surface area (Å²) in [7, 11) is 1.85. The van der Waals surface area contributed by atoms with Crippen molar-refractivity contribution in [3.8, 4) is 0 Å². The molecule has 0 unspecified atom stereocenters. The highest BCUT2D eigenvalue weighted by molar-refractivity contribution is 7.09. The molecule has 6 heteroatoms. The Morgan fingerprint density at radius 1 is 1.33 bits per heavy atom. The number of nitrogens with one attached hydrogen (secondary N) is 2.